The van der Waals surface area contributed by atoms with Gasteiger partial charge in [-0.3, -0.25) is 4.98 Å². The SMILES string of the molecule is Cc1ccc2cccc(-c3ccc4ccccc4c3O)c2n1.[AlH3]. The average Bonchev–Trinajstić information content (AvgIpc) is 2.55. The predicted molar refractivity (Wildman–Crippen MR) is 101 cm³/mol. The zero-order chi connectivity index (χ0) is 15.1. The Morgan fingerprint density at radius 2 is 1.48 bits per heavy atom. The van der Waals surface area contributed by atoms with E-state index in [1.54, 1.807) is 0 Å². The van der Waals surface area contributed by atoms with Crippen LogP contribution in [0.4, 0.5) is 0 Å². The zero-order valence-electron chi connectivity index (χ0n) is 12.2. The van der Waals surface area contributed by atoms with Gasteiger partial charge in [0, 0.05) is 27.6 Å². The van der Waals surface area contributed by atoms with Crippen molar-refractivity contribution in [3.63, 3.8) is 0 Å². The van der Waals surface area contributed by atoms with Crippen LogP contribution in [0.25, 0.3) is 32.8 Å². The van der Waals surface area contributed by atoms with Gasteiger partial charge in [-0.15, -0.1) is 0 Å². The summed E-state index contributed by atoms with van der Waals surface area (Å²) in [4.78, 5) is 4.66. The van der Waals surface area contributed by atoms with Crippen molar-refractivity contribution in [3.05, 3.63) is 72.4 Å². The number of aryl methyl sites for hydroxylation is 1. The zero-order valence-corrected chi connectivity index (χ0v) is 12.2. The second-order valence-electron chi connectivity index (χ2n) is 5.51. The van der Waals surface area contributed by atoms with Crippen LogP contribution in [-0.2, 0) is 0 Å². The van der Waals surface area contributed by atoms with Gasteiger partial charge in [-0.2, -0.15) is 0 Å². The smallest absolute Gasteiger partial charge is 0.187 e. The highest BCUT2D eigenvalue weighted by Gasteiger charge is 2.11. The Hall–Kier alpha value is -2.34. The van der Waals surface area contributed by atoms with Crippen molar-refractivity contribution in [2.75, 3.05) is 0 Å². The molecular formula is C20H18AlNO. The molecule has 0 aliphatic carbocycles. The Kier molecular flexibility index (Phi) is 4.09. The highest BCUT2D eigenvalue weighted by Crippen LogP contribution is 2.38. The highest BCUT2D eigenvalue weighted by atomic mass is 27.0. The minimum absolute atomic E-state index is 0. The maximum atomic E-state index is 10.7. The van der Waals surface area contributed by atoms with Crippen molar-refractivity contribution in [2.45, 2.75) is 6.92 Å². The Bertz CT molecular complexity index is 1010. The summed E-state index contributed by atoms with van der Waals surface area (Å²) < 4.78 is 0. The summed E-state index contributed by atoms with van der Waals surface area (Å²) >= 11 is 0. The molecule has 3 aromatic carbocycles. The molecule has 0 radical (unpaired) electrons. The number of hydrogen-bond donors (Lipinski definition) is 1. The van der Waals surface area contributed by atoms with Crippen LogP contribution in [0.5, 0.6) is 5.75 Å². The topological polar surface area (TPSA) is 33.1 Å². The van der Waals surface area contributed by atoms with Gasteiger partial charge in [0.05, 0.1) is 5.52 Å². The van der Waals surface area contributed by atoms with Crippen LogP contribution in [-0.4, -0.2) is 27.5 Å². The first kappa shape index (κ1) is 15.6. The highest BCUT2D eigenvalue weighted by molar-refractivity contribution is 6.01. The quantitative estimate of drug-likeness (QED) is 0.541. The summed E-state index contributed by atoms with van der Waals surface area (Å²) in [5.74, 6) is 0.314. The molecule has 0 fully saturated rings. The van der Waals surface area contributed by atoms with Gasteiger partial charge in [0.2, 0.25) is 0 Å². The fourth-order valence-electron chi connectivity index (χ4n) is 2.93. The molecule has 4 rings (SSSR count). The van der Waals surface area contributed by atoms with Crippen LogP contribution in [0, 0.1) is 6.92 Å². The minimum Gasteiger partial charge on any atom is -0.507 e. The number of aromatic nitrogens is 1. The van der Waals surface area contributed by atoms with Crippen molar-refractivity contribution >= 4 is 39.0 Å². The van der Waals surface area contributed by atoms with Crippen LogP contribution >= 0.6 is 0 Å². The van der Waals surface area contributed by atoms with Crippen LogP contribution in [0.2, 0.25) is 0 Å². The molecule has 0 bridgehead atoms. The number of pyridine rings is 1. The normalized spacial score (nSPS) is 10.7. The average molecular weight is 315 g/mol. The van der Waals surface area contributed by atoms with Crippen molar-refractivity contribution in [3.8, 4) is 16.9 Å². The molecule has 3 heteroatoms. The second-order valence-corrected chi connectivity index (χ2v) is 5.51. The van der Waals surface area contributed by atoms with E-state index in [4.69, 9.17) is 0 Å². The van der Waals surface area contributed by atoms with E-state index in [9.17, 15) is 5.11 Å². The maximum absolute atomic E-state index is 10.7. The molecule has 0 aliphatic rings. The third kappa shape index (κ3) is 2.59. The Morgan fingerprint density at radius 1 is 0.739 bits per heavy atom. The monoisotopic (exact) mass is 315 g/mol. The number of para-hydroxylation sites is 1. The molecule has 112 valence electrons. The molecule has 0 atom stereocenters. The molecule has 0 unspecified atom stereocenters. The molecular weight excluding hydrogens is 297 g/mol. The molecule has 0 spiro atoms. The van der Waals surface area contributed by atoms with Crippen molar-refractivity contribution in [2.24, 2.45) is 0 Å². The van der Waals surface area contributed by atoms with Gasteiger partial charge in [-0.25, -0.2) is 0 Å². The first-order chi connectivity index (χ1) is 10.7. The van der Waals surface area contributed by atoms with Gasteiger partial charge < -0.3 is 5.11 Å². The molecule has 1 heterocycles. The van der Waals surface area contributed by atoms with Crippen molar-refractivity contribution in [1.29, 1.82) is 0 Å². The summed E-state index contributed by atoms with van der Waals surface area (Å²) in [5, 5.41) is 13.7. The van der Waals surface area contributed by atoms with Crippen LogP contribution < -0.4 is 0 Å². The van der Waals surface area contributed by atoms with E-state index in [1.165, 1.54) is 0 Å². The number of nitrogens with zero attached hydrogens (tertiary/aromatic N) is 1. The second kappa shape index (κ2) is 6.04. The molecule has 23 heavy (non-hydrogen) atoms. The molecule has 0 amide bonds. The number of rotatable bonds is 1. The van der Waals surface area contributed by atoms with Crippen LogP contribution in [0.15, 0.2) is 66.7 Å². The number of hydrogen-bond acceptors (Lipinski definition) is 2. The number of phenolic OH excluding ortho intramolecular Hbond substituents is 1. The molecule has 2 nitrogen and oxygen atoms in total. The lowest BCUT2D eigenvalue weighted by Gasteiger charge is -2.11. The lowest BCUT2D eigenvalue weighted by atomic mass is 9.97. The number of fused-ring (bicyclic) bond motifs is 2. The fraction of sp³-hybridized carbons (Fsp3) is 0.0500. The Morgan fingerprint density at radius 3 is 2.35 bits per heavy atom. The van der Waals surface area contributed by atoms with E-state index in [1.807, 2.05) is 67.6 Å². The standard InChI is InChI=1S/C20H15NO.Al.3H/c1-13-9-10-15-6-4-8-17(19(15)21-13)18-12-11-14-5-2-3-7-16(14)20(18)22;;;;/h2-12,22H,1H3;;;;. The third-order valence-corrected chi connectivity index (χ3v) is 4.05. The van der Waals surface area contributed by atoms with E-state index in [2.05, 4.69) is 11.1 Å². The minimum atomic E-state index is 0. The van der Waals surface area contributed by atoms with Gasteiger partial charge in [-0.05, 0) is 24.4 Å². The third-order valence-electron chi connectivity index (χ3n) is 4.05. The van der Waals surface area contributed by atoms with E-state index >= 15 is 0 Å². The van der Waals surface area contributed by atoms with Gasteiger partial charge in [0.1, 0.15) is 5.75 Å². The van der Waals surface area contributed by atoms with E-state index in [0.29, 0.717) is 5.75 Å². The van der Waals surface area contributed by atoms with Gasteiger partial charge >= 0.3 is 0 Å². The first-order valence-electron chi connectivity index (χ1n) is 7.31. The fourth-order valence-corrected chi connectivity index (χ4v) is 2.93. The number of aromatic hydroxyl groups is 1. The Labute approximate surface area is 145 Å². The van der Waals surface area contributed by atoms with Gasteiger partial charge in [-0.1, -0.05) is 54.6 Å². The maximum Gasteiger partial charge on any atom is 0.187 e. The lowest BCUT2D eigenvalue weighted by molar-refractivity contribution is 0.483. The largest absolute Gasteiger partial charge is 0.507 e. The van der Waals surface area contributed by atoms with Crippen molar-refractivity contribution < 1.29 is 5.11 Å². The lowest BCUT2D eigenvalue weighted by Crippen LogP contribution is -1.88. The van der Waals surface area contributed by atoms with E-state index < -0.39 is 0 Å². The van der Waals surface area contributed by atoms with E-state index in [0.717, 1.165) is 38.5 Å². The molecule has 0 saturated carbocycles. The summed E-state index contributed by atoms with van der Waals surface area (Å²) in [6.07, 6.45) is 0. The van der Waals surface area contributed by atoms with Crippen molar-refractivity contribution in [1.82, 2.24) is 4.98 Å². The van der Waals surface area contributed by atoms with E-state index in [-0.39, 0.29) is 17.4 Å². The van der Waals surface area contributed by atoms with Crippen LogP contribution in [0.3, 0.4) is 0 Å². The summed E-state index contributed by atoms with van der Waals surface area (Å²) in [6.45, 7) is 1.98. The number of phenols is 1. The first-order valence-corrected chi connectivity index (χ1v) is 7.31. The molecule has 0 aliphatic heterocycles. The molecule has 1 N–H and O–H groups in total. The summed E-state index contributed by atoms with van der Waals surface area (Å²) in [6, 6.07) is 22.0. The van der Waals surface area contributed by atoms with Gasteiger partial charge in [0.15, 0.2) is 17.4 Å². The Balaban J connectivity index is 0.00000156. The van der Waals surface area contributed by atoms with Crippen LogP contribution in [0.1, 0.15) is 5.69 Å². The van der Waals surface area contributed by atoms with Gasteiger partial charge in [0.25, 0.3) is 0 Å². The summed E-state index contributed by atoms with van der Waals surface area (Å²) in [5.41, 5.74) is 3.68. The summed E-state index contributed by atoms with van der Waals surface area (Å²) in [7, 11) is 0. The molecule has 4 aromatic rings. The number of benzene rings is 3. The molecule has 1 aromatic heterocycles. The molecule has 0 saturated heterocycles. The predicted octanol–water partition coefficient (Wildman–Crippen LogP) is 3.89.